The maximum Gasteiger partial charge on any atom is 0.336 e. The number of thioether (sulfide) groups is 1. The lowest BCUT2D eigenvalue weighted by atomic mass is 9.71. The van der Waals surface area contributed by atoms with Gasteiger partial charge in [0.1, 0.15) is 12.4 Å². The molecule has 0 radical (unpaired) electrons. The van der Waals surface area contributed by atoms with Gasteiger partial charge in [0.2, 0.25) is 0 Å². The van der Waals surface area contributed by atoms with Gasteiger partial charge in [0.05, 0.1) is 23.8 Å². The number of benzene rings is 2. The number of hydrogen-bond donors (Lipinski definition) is 2. The molecule has 2 N–H and O–H groups in total. The van der Waals surface area contributed by atoms with E-state index in [1.54, 1.807) is 31.0 Å². The van der Waals surface area contributed by atoms with E-state index in [1.807, 2.05) is 38.1 Å². The number of rotatable bonds is 10. The molecule has 2 aliphatic rings. The number of Topliss-reactive ketones (excluding diaryl/α,β-unsaturated/α-hetero) is 1. The number of phenolic OH excluding ortho intramolecular Hbond substituents is 1. The standard InChI is InChI=1S/C30H34BrNO6S/c1-5-37-25-16-20(13-22(31)29(25)34)27-26(30(35)38-11-12-39-6-2)17(3)32-23-14-19(15-24(33)28(23)27)18-7-9-21(36-4)10-8-18/h7-10,13,16,19,27,32,34H,5-6,11-12,14-15H2,1-4H3/t19-,27-/m1/s1. The number of allylic oxidation sites excluding steroid dienone is 3. The summed E-state index contributed by atoms with van der Waals surface area (Å²) in [5.41, 5.74) is 4.13. The molecular weight excluding hydrogens is 582 g/mol. The van der Waals surface area contributed by atoms with Crippen LogP contribution in [0.4, 0.5) is 0 Å². The van der Waals surface area contributed by atoms with Crippen molar-refractivity contribution in [1.82, 2.24) is 5.32 Å². The molecule has 1 heterocycles. The number of carbonyl (C=O) groups excluding carboxylic acids is 2. The summed E-state index contributed by atoms with van der Waals surface area (Å²) in [6.07, 6.45) is 0.934. The highest BCUT2D eigenvalue weighted by Gasteiger charge is 2.42. The number of ether oxygens (including phenoxy) is 3. The van der Waals surface area contributed by atoms with E-state index < -0.39 is 11.9 Å². The fraction of sp³-hybridized carbons (Fsp3) is 0.400. The van der Waals surface area contributed by atoms with Gasteiger partial charge in [0.15, 0.2) is 17.3 Å². The Hall–Kier alpha value is -2.91. The van der Waals surface area contributed by atoms with Crippen LogP contribution in [0.1, 0.15) is 56.6 Å². The Morgan fingerprint density at radius 2 is 1.90 bits per heavy atom. The molecule has 0 unspecified atom stereocenters. The second kappa shape index (κ2) is 13.0. The summed E-state index contributed by atoms with van der Waals surface area (Å²) < 4.78 is 17.1. The normalized spacial score (nSPS) is 18.9. The molecule has 1 aliphatic heterocycles. The zero-order chi connectivity index (χ0) is 28.1. The first-order valence-corrected chi connectivity index (χ1v) is 15.0. The number of methoxy groups -OCH3 is 1. The number of phenols is 1. The van der Waals surface area contributed by atoms with Crippen molar-refractivity contribution in [1.29, 1.82) is 0 Å². The molecule has 1 aliphatic carbocycles. The zero-order valence-electron chi connectivity index (χ0n) is 22.6. The van der Waals surface area contributed by atoms with Crippen molar-refractivity contribution in [3.8, 4) is 17.2 Å². The van der Waals surface area contributed by atoms with Crippen molar-refractivity contribution in [3.63, 3.8) is 0 Å². The van der Waals surface area contributed by atoms with Gasteiger partial charge in [-0.2, -0.15) is 11.8 Å². The molecule has 2 aromatic carbocycles. The van der Waals surface area contributed by atoms with Gasteiger partial charge in [-0.3, -0.25) is 4.79 Å². The Kier molecular flexibility index (Phi) is 9.67. The van der Waals surface area contributed by atoms with E-state index in [9.17, 15) is 14.7 Å². The van der Waals surface area contributed by atoms with Crippen molar-refractivity contribution in [2.75, 3.05) is 31.8 Å². The monoisotopic (exact) mass is 615 g/mol. The Morgan fingerprint density at radius 1 is 1.15 bits per heavy atom. The van der Waals surface area contributed by atoms with Gasteiger partial charge >= 0.3 is 5.97 Å². The number of aromatic hydroxyl groups is 1. The number of carbonyl (C=O) groups is 2. The molecule has 2 atom stereocenters. The SMILES string of the molecule is CCOc1cc([C@@H]2C(C(=O)OCCSCC)=C(C)NC3=C2C(=O)C[C@H](c2ccc(OC)cc2)C3)cc(Br)c1O. The summed E-state index contributed by atoms with van der Waals surface area (Å²) in [5.74, 6) is 1.50. The lowest BCUT2D eigenvalue weighted by Crippen LogP contribution is -2.36. The third-order valence-electron chi connectivity index (χ3n) is 6.98. The number of dihydropyridines is 1. The lowest BCUT2D eigenvalue weighted by Gasteiger charge is -2.37. The van der Waals surface area contributed by atoms with Crippen molar-refractivity contribution in [2.45, 2.75) is 45.4 Å². The molecule has 0 spiro atoms. The second-order valence-corrected chi connectivity index (χ2v) is 11.7. The number of nitrogens with one attached hydrogen (secondary N) is 1. The largest absolute Gasteiger partial charge is 0.503 e. The second-order valence-electron chi connectivity index (χ2n) is 9.41. The quantitative estimate of drug-likeness (QED) is 0.240. The van der Waals surface area contributed by atoms with Gasteiger partial charge < -0.3 is 24.6 Å². The maximum absolute atomic E-state index is 13.9. The number of halogens is 1. The smallest absolute Gasteiger partial charge is 0.336 e. The van der Waals surface area contributed by atoms with Crippen molar-refractivity contribution >= 4 is 39.4 Å². The molecule has 0 fully saturated rings. The molecular formula is C30H34BrNO6S. The minimum absolute atomic E-state index is 0.00628. The van der Waals surface area contributed by atoms with E-state index >= 15 is 0 Å². The van der Waals surface area contributed by atoms with Gasteiger partial charge in [0, 0.05) is 35.1 Å². The van der Waals surface area contributed by atoms with E-state index in [-0.39, 0.29) is 29.8 Å². The molecule has 208 valence electrons. The van der Waals surface area contributed by atoms with Crippen LogP contribution in [0.15, 0.2) is 63.4 Å². The Balaban J connectivity index is 1.77. The molecule has 7 nitrogen and oxygen atoms in total. The zero-order valence-corrected chi connectivity index (χ0v) is 25.0. The fourth-order valence-electron chi connectivity index (χ4n) is 5.20. The van der Waals surface area contributed by atoms with Crippen LogP contribution in [-0.4, -0.2) is 48.7 Å². The van der Waals surface area contributed by atoms with Gasteiger partial charge in [-0.1, -0.05) is 19.1 Å². The summed E-state index contributed by atoms with van der Waals surface area (Å²) in [5, 5.41) is 13.9. The van der Waals surface area contributed by atoms with Crippen LogP contribution in [0.25, 0.3) is 0 Å². The van der Waals surface area contributed by atoms with Gasteiger partial charge in [-0.15, -0.1) is 0 Å². The molecule has 0 amide bonds. The van der Waals surface area contributed by atoms with Crippen molar-refractivity contribution in [3.05, 3.63) is 74.5 Å². The Morgan fingerprint density at radius 3 is 2.56 bits per heavy atom. The van der Waals surface area contributed by atoms with Gasteiger partial charge in [-0.25, -0.2) is 4.79 Å². The number of hydrogen-bond acceptors (Lipinski definition) is 8. The predicted octanol–water partition coefficient (Wildman–Crippen LogP) is 6.22. The molecule has 0 saturated heterocycles. The topological polar surface area (TPSA) is 94.1 Å². The van der Waals surface area contributed by atoms with Crippen molar-refractivity contribution in [2.24, 2.45) is 0 Å². The van der Waals surface area contributed by atoms with E-state index in [2.05, 4.69) is 28.2 Å². The summed E-state index contributed by atoms with van der Waals surface area (Å²) >= 11 is 5.12. The molecule has 9 heteroatoms. The predicted molar refractivity (Wildman–Crippen MR) is 157 cm³/mol. The number of esters is 1. The highest BCUT2D eigenvalue weighted by atomic mass is 79.9. The Bertz CT molecular complexity index is 1300. The van der Waals surface area contributed by atoms with Crippen molar-refractivity contribution < 1.29 is 28.9 Å². The minimum atomic E-state index is -0.659. The van der Waals surface area contributed by atoms with Crippen LogP contribution < -0.4 is 14.8 Å². The molecule has 4 rings (SSSR count). The van der Waals surface area contributed by atoms with Gasteiger partial charge in [-0.05, 0) is 83.3 Å². The third-order valence-corrected chi connectivity index (χ3v) is 8.45. The first-order valence-electron chi connectivity index (χ1n) is 13.1. The first-order chi connectivity index (χ1) is 18.8. The lowest BCUT2D eigenvalue weighted by molar-refractivity contribution is -0.138. The van der Waals surface area contributed by atoms with E-state index in [4.69, 9.17) is 14.2 Å². The van der Waals surface area contributed by atoms with Crippen LogP contribution in [0.3, 0.4) is 0 Å². The molecule has 39 heavy (non-hydrogen) atoms. The third kappa shape index (κ3) is 6.30. The summed E-state index contributed by atoms with van der Waals surface area (Å²) in [4.78, 5) is 27.3. The fourth-order valence-corrected chi connectivity index (χ4v) is 6.15. The highest BCUT2D eigenvalue weighted by Crippen LogP contribution is 2.48. The number of ketones is 1. The Labute approximate surface area is 242 Å². The highest BCUT2D eigenvalue weighted by molar-refractivity contribution is 9.10. The van der Waals surface area contributed by atoms with Crippen LogP contribution >= 0.6 is 27.7 Å². The molecule has 0 bridgehead atoms. The van der Waals surface area contributed by atoms with Crippen LogP contribution in [0.2, 0.25) is 0 Å². The van der Waals surface area contributed by atoms with Crippen LogP contribution in [0, 0.1) is 0 Å². The summed E-state index contributed by atoms with van der Waals surface area (Å²) in [6.45, 7) is 6.36. The molecule has 2 aromatic rings. The summed E-state index contributed by atoms with van der Waals surface area (Å²) in [7, 11) is 1.63. The minimum Gasteiger partial charge on any atom is -0.503 e. The van der Waals surface area contributed by atoms with Crippen LogP contribution in [0.5, 0.6) is 17.2 Å². The van der Waals surface area contributed by atoms with E-state index in [0.717, 1.165) is 22.8 Å². The average molecular weight is 617 g/mol. The van der Waals surface area contributed by atoms with E-state index in [0.29, 0.717) is 52.1 Å². The molecule has 0 saturated carbocycles. The summed E-state index contributed by atoms with van der Waals surface area (Å²) in [6, 6.07) is 11.2. The first kappa shape index (κ1) is 29.1. The average Bonchev–Trinajstić information content (AvgIpc) is 2.92. The molecule has 0 aromatic heterocycles. The maximum atomic E-state index is 13.9. The van der Waals surface area contributed by atoms with E-state index in [1.165, 1.54) is 0 Å². The van der Waals surface area contributed by atoms with Gasteiger partial charge in [0.25, 0.3) is 0 Å². The van der Waals surface area contributed by atoms with Crippen LogP contribution in [-0.2, 0) is 14.3 Å².